The van der Waals surface area contributed by atoms with Crippen LogP contribution in [0.15, 0.2) is 12.1 Å². The van der Waals surface area contributed by atoms with Crippen LogP contribution < -0.4 is 0 Å². The van der Waals surface area contributed by atoms with Gasteiger partial charge in [0.1, 0.15) is 6.04 Å². The molecular formula is C12H19NO3. The molecule has 0 radical (unpaired) electrons. The first-order valence-corrected chi connectivity index (χ1v) is 5.56. The summed E-state index contributed by atoms with van der Waals surface area (Å²) in [5, 5.41) is 17.9. The third-order valence-electron chi connectivity index (χ3n) is 2.81. The number of hydrogen-bond donors (Lipinski definition) is 2. The van der Waals surface area contributed by atoms with E-state index in [1.807, 2.05) is 30.5 Å². The van der Waals surface area contributed by atoms with E-state index in [4.69, 9.17) is 5.11 Å². The van der Waals surface area contributed by atoms with Crippen molar-refractivity contribution >= 4 is 5.97 Å². The molecule has 1 unspecified atom stereocenters. The molecule has 0 saturated heterocycles. The lowest BCUT2D eigenvalue weighted by Crippen LogP contribution is -2.21. The van der Waals surface area contributed by atoms with E-state index in [2.05, 4.69) is 0 Å². The molecule has 0 aliphatic carbocycles. The number of carboxylic acids is 1. The minimum Gasteiger partial charge on any atom is -0.480 e. The number of aliphatic hydroxyl groups excluding tert-OH is 1. The van der Waals surface area contributed by atoms with Crippen molar-refractivity contribution in [1.29, 1.82) is 0 Å². The van der Waals surface area contributed by atoms with Crippen LogP contribution in [0.1, 0.15) is 36.7 Å². The smallest absolute Gasteiger partial charge is 0.326 e. The average molecular weight is 225 g/mol. The van der Waals surface area contributed by atoms with Gasteiger partial charge in [0.15, 0.2) is 0 Å². The molecule has 0 aliphatic heterocycles. The summed E-state index contributed by atoms with van der Waals surface area (Å²) in [4.78, 5) is 11.2. The van der Waals surface area contributed by atoms with Crippen LogP contribution in [0.5, 0.6) is 0 Å². The van der Waals surface area contributed by atoms with Crippen LogP contribution >= 0.6 is 0 Å². The largest absolute Gasteiger partial charge is 0.480 e. The van der Waals surface area contributed by atoms with Crippen LogP contribution in [-0.4, -0.2) is 27.4 Å². The predicted octanol–water partition coefficient (Wildman–Crippen LogP) is 1.89. The summed E-state index contributed by atoms with van der Waals surface area (Å²) in [6.07, 6.45) is 1.94. The monoisotopic (exact) mass is 225 g/mol. The second-order valence-corrected chi connectivity index (χ2v) is 4.06. The maximum Gasteiger partial charge on any atom is 0.326 e. The van der Waals surface area contributed by atoms with E-state index in [1.54, 1.807) is 0 Å². The number of carbonyl (C=O) groups is 1. The third kappa shape index (κ3) is 2.85. The van der Waals surface area contributed by atoms with E-state index < -0.39 is 12.0 Å². The minimum atomic E-state index is -0.805. The molecule has 4 nitrogen and oxygen atoms in total. The quantitative estimate of drug-likeness (QED) is 0.727. The number of aliphatic hydroxyl groups is 1. The van der Waals surface area contributed by atoms with Crippen molar-refractivity contribution in [2.45, 2.75) is 39.2 Å². The van der Waals surface area contributed by atoms with Crippen molar-refractivity contribution in [2.24, 2.45) is 0 Å². The fourth-order valence-corrected chi connectivity index (χ4v) is 1.98. The van der Waals surface area contributed by atoms with Gasteiger partial charge in [0, 0.05) is 18.0 Å². The molecule has 1 rings (SSSR count). The summed E-state index contributed by atoms with van der Waals surface area (Å²) >= 11 is 0. The summed E-state index contributed by atoms with van der Waals surface area (Å²) in [7, 11) is 0. The molecule has 90 valence electrons. The molecular weight excluding hydrogens is 206 g/mol. The molecule has 1 heterocycles. The van der Waals surface area contributed by atoms with Crippen molar-refractivity contribution in [2.75, 3.05) is 6.61 Å². The lowest BCUT2D eigenvalue weighted by Gasteiger charge is -2.18. The number of hydrogen-bond acceptors (Lipinski definition) is 2. The van der Waals surface area contributed by atoms with Crippen LogP contribution in [0.25, 0.3) is 0 Å². The van der Waals surface area contributed by atoms with E-state index >= 15 is 0 Å². The summed E-state index contributed by atoms with van der Waals surface area (Å²) in [5.74, 6) is -0.805. The number of carboxylic acid groups (broad SMARTS) is 1. The Morgan fingerprint density at radius 3 is 2.31 bits per heavy atom. The van der Waals surface area contributed by atoms with Crippen LogP contribution in [0.4, 0.5) is 0 Å². The first-order chi connectivity index (χ1) is 7.57. The van der Waals surface area contributed by atoms with Crippen LogP contribution in [0.2, 0.25) is 0 Å². The molecule has 4 heteroatoms. The number of rotatable bonds is 6. The molecule has 0 aromatic carbocycles. The Morgan fingerprint density at radius 2 is 1.88 bits per heavy atom. The van der Waals surface area contributed by atoms with Gasteiger partial charge in [-0.05, 0) is 45.2 Å². The molecule has 0 amide bonds. The summed E-state index contributed by atoms with van der Waals surface area (Å²) in [6, 6.07) is 3.34. The SMILES string of the molecule is Cc1ccc(C)n1C(CCCCO)C(=O)O. The summed E-state index contributed by atoms with van der Waals surface area (Å²) in [5.41, 5.74) is 1.93. The van der Waals surface area contributed by atoms with Gasteiger partial charge in [-0.25, -0.2) is 4.79 Å². The Hall–Kier alpha value is -1.29. The summed E-state index contributed by atoms with van der Waals surface area (Å²) < 4.78 is 1.85. The van der Waals surface area contributed by atoms with E-state index in [-0.39, 0.29) is 6.61 Å². The molecule has 2 N–H and O–H groups in total. The molecule has 1 aromatic rings. The normalized spacial score (nSPS) is 12.7. The zero-order valence-corrected chi connectivity index (χ0v) is 9.81. The number of unbranched alkanes of at least 4 members (excludes halogenated alkanes) is 1. The lowest BCUT2D eigenvalue weighted by atomic mass is 10.1. The Balaban J connectivity index is 2.81. The van der Waals surface area contributed by atoms with Crippen LogP contribution in [-0.2, 0) is 4.79 Å². The van der Waals surface area contributed by atoms with Gasteiger partial charge in [0.25, 0.3) is 0 Å². The molecule has 16 heavy (non-hydrogen) atoms. The maximum atomic E-state index is 11.2. The highest BCUT2D eigenvalue weighted by Gasteiger charge is 2.21. The minimum absolute atomic E-state index is 0.121. The van der Waals surface area contributed by atoms with Gasteiger partial charge in [-0.2, -0.15) is 0 Å². The second kappa shape index (κ2) is 5.70. The average Bonchev–Trinajstić information content (AvgIpc) is 2.54. The molecule has 0 spiro atoms. The van der Waals surface area contributed by atoms with Crippen molar-refractivity contribution < 1.29 is 15.0 Å². The zero-order valence-electron chi connectivity index (χ0n) is 9.81. The summed E-state index contributed by atoms with van der Waals surface area (Å²) in [6.45, 7) is 3.94. The standard InChI is InChI=1S/C12H19NO3/c1-9-6-7-10(2)13(9)11(12(15)16)5-3-4-8-14/h6-7,11,14H,3-5,8H2,1-2H3,(H,15,16). The van der Waals surface area contributed by atoms with Crippen molar-refractivity contribution in [3.05, 3.63) is 23.5 Å². The van der Waals surface area contributed by atoms with E-state index in [1.165, 1.54) is 0 Å². The topological polar surface area (TPSA) is 62.5 Å². The molecule has 1 atom stereocenters. The van der Waals surface area contributed by atoms with E-state index in [0.717, 1.165) is 17.8 Å². The van der Waals surface area contributed by atoms with Crippen molar-refractivity contribution in [3.63, 3.8) is 0 Å². The van der Waals surface area contributed by atoms with Gasteiger partial charge in [0.2, 0.25) is 0 Å². The van der Waals surface area contributed by atoms with Gasteiger partial charge in [0.05, 0.1) is 0 Å². The molecule has 1 aromatic heterocycles. The fraction of sp³-hybridized carbons (Fsp3) is 0.583. The Kier molecular flexibility index (Phi) is 4.55. The first-order valence-electron chi connectivity index (χ1n) is 5.56. The van der Waals surface area contributed by atoms with Crippen LogP contribution in [0.3, 0.4) is 0 Å². The third-order valence-corrected chi connectivity index (χ3v) is 2.81. The number of aryl methyl sites for hydroxylation is 2. The Labute approximate surface area is 95.5 Å². The van der Waals surface area contributed by atoms with Crippen molar-refractivity contribution in [3.8, 4) is 0 Å². The second-order valence-electron chi connectivity index (χ2n) is 4.06. The molecule has 0 bridgehead atoms. The fourth-order valence-electron chi connectivity index (χ4n) is 1.98. The van der Waals surface area contributed by atoms with E-state index in [9.17, 15) is 9.90 Å². The van der Waals surface area contributed by atoms with Gasteiger partial charge in [-0.15, -0.1) is 0 Å². The lowest BCUT2D eigenvalue weighted by molar-refractivity contribution is -0.141. The van der Waals surface area contributed by atoms with E-state index in [0.29, 0.717) is 12.8 Å². The highest BCUT2D eigenvalue weighted by atomic mass is 16.4. The highest BCUT2D eigenvalue weighted by molar-refractivity contribution is 5.72. The van der Waals surface area contributed by atoms with Crippen LogP contribution in [0, 0.1) is 13.8 Å². The molecule has 0 aliphatic rings. The Morgan fingerprint density at radius 1 is 1.31 bits per heavy atom. The number of aromatic nitrogens is 1. The molecule has 0 fully saturated rings. The van der Waals surface area contributed by atoms with Gasteiger partial charge < -0.3 is 14.8 Å². The highest BCUT2D eigenvalue weighted by Crippen LogP contribution is 2.21. The zero-order chi connectivity index (χ0) is 12.1. The van der Waals surface area contributed by atoms with Gasteiger partial charge in [-0.3, -0.25) is 0 Å². The predicted molar refractivity (Wildman–Crippen MR) is 61.5 cm³/mol. The van der Waals surface area contributed by atoms with Gasteiger partial charge in [-0.1, -0.05) is 0 Å². The molecule has 0 saturated carbocycles. The number of nitrogens with zero attached hydrogens (tertiary/aromatic N) is 1. The Bertz CT molecular complexity index is 338. The number of aliphatic carboxylic acids is 1. The first kappa shape index (κ1) is 12.8. The van der Waals surface area contributed by atoms with Crippen molar-refractivity contribution in [1.82, 2.24) is 4.57 Å². The van der Waals surface area contributed by atoms with Gasteiger partial charge >= 0.3 is 5.97 Å². The maximum absolute atomic E-state index is 11.2.